The van der Waals surface area contributed by atoms with Crippen molar-refractivity contribution >= 4 is 0 Å². The number of aromatic nitrogens is 1. The Morgan fingerprint density at radius 3 is 3.07 bits per heavy atom. The fourth-order valence-corrected chi connectivity index (χ4v) is 1.87. The fourth-order valence-electron chi connectivity index (χ4n) is 1.87. The van der Waals surface area contributed by atoms with Crippen molar-refractivity contribution in [2.24, 2.45) is 5.73 Å². The Kier molecular flexibility index (Phi) is 2.65. The smallest absolute Gasteiger partial charge is 0.252 e. The average Bonchev–Trinajstić information content (AvgIpc) is 2.71. The van der Waals surface area contributed by atoms with Crippen molar-refractivity contribution in [1.29, 1.82) is 0 Å². The minimum Gasteiger partial charge on any atom is -0.329 e. The number of pyridine rings is 1. The highest BCUT2D eigenvalue weighted by molar-refractivity contribution is 5.22. The summed E-state index contributed by atoms with van der Waals surface area (Å²) in [5.74, 6) is 0. The van der Waals surface area contributed by atoms with Crippen LogP contribution < -0.4 is 16.6 Å². The largest absolute Gasteiger partial charge is 0.329 e. The summed E-state index contributed by atoms with van der Waals surface area (Å²) in [5, 5.41) is 3.38. The first-order valence-corrected chi connectivity index (χ1v) is 4.96. The quantitative estimate of drug-likeness (QED) is 0.631. The van der Waals surface area contributed by atoms with Crippen LogP contribution in [-0.2, 0) is 6.54 Å². The molecule has 1 fully saturated rings. The summed E-state index contributed by atoms with van der Waals surface area (Å²) in [4.78, 5) is 14.0. The summed E-state index contributed by atoms with van der Waals surface area (Å²) in [6.45, 7) is 1.36. The van der Waals surface area contributed by atoms with E-state index in [1.165, 1.54) is 6.42 Å². The molecule has 0 bridgehead atoms. The monoisotopic (exact) mass is 193 g/mol. The summed E-state index contributed by atoms with van der Waals surface area (Å²) in [6, 6.07) is 2.29. The Morgan fingerprint density at radius 2 is 2.43 bits per heavy atom. The Bertz CT molecular complexity index is 366. The van der Waals surface area contributed by atoms with E-state index in [1.54, 1.807) is 6.20 Å². The van der Waals surface area contributed by atoms with Crippen molar-refractivity contribution in [3.63, 3.8) is 0 Å². The molecule has 1 atom stereocenters. The van der Waals surface area contributed by atoms with E-state index in [-0.39, 0.29) is 5.56 Å². The minimum absolute atomic E-state index is 0.0748. The highest BCUT2D eigenvalue weighted by Gasteiger charge is 2.16. The predicted octanol–water partition coefficient (Wildman–Crippen LogP) is 0.258. The van der Waals surface area contributed by atoms with Gasteiger partial charge in [-0.25, -0.2) is 0 Å². The van der Waals surface area contributed by atoms with Crippen LogP contribution in [0.25, 0.3) is 0 Å². The van der Waals surface area contributed by atoms with Crippen LogP contribution >= 0.6 is 0 Å². The lowest BCUT2D eigenvalue weighted by molar-refractivity contribution is 0.643. The van der Waals surface area contributed by atoms with Crippen molar-refractivity contribution in [3.8, 4) is 0 Å². The molecule has 2 rings (SSSR count). The maximum absolute atomic E-state index is 11.3. The molecule has 0 spiro atoms. The van der Waals surface area contributed by atoms with Gasteiger partial charge in [0.1, 0.15) is 0 Å². The van der Waals surface area contributed by atoms with Gasteiger partial charge in [0, 0.05) is 24.3 Å². The van der Waals surface area contributed by atoms with Gasteiger partial charge < -0.3 is 16.0 Å². The molecule has 2 heterocycles. The lowest BCUT2D eigenvalue weighted by atomic mass is 10.1. The highest BCUT2D eigenvalue weighted by atomic mass is 16.1. The van der Waals surface area contributed by atoms with E-state index < -0.39 is 0 Å². The molecule has 0 saturated carbocycles. The number of nitrogens with one attached hydrogen (secondary N) is 2. The fraction of sp³-hybridized carbons (Fsp3) is 0.500. The van der Waals surface area contributed by atoms with Gasteiger partial charge in [0.05, 0.1) is 0 Å². The molecule has 0 aliphatic carbocycles. The Hall–Kier alpha value is -1.13. The molecule has 0 amide bonds. The third kappa shape index (κ3) is 1.71. The van der Waals surface area contributed by atoms with Crippen LogP contribution in [0.4, 0.5) is 0 Å². The zero-order valence-electron chi connectivity index (χ0n) is 8.05. The van der Waals surface area contributed by atoms with Crippen LogP contribution in [0.3, 0.4) is 0 Å². The lowest BCUT2D eigenvalue weighted by Crippen LogP contribution is -2.19. The molecule has 0 radical (unpaired) electrons. The molecule has 4 N–H and O–H groups in total. The Labute approximate surface area is 82.5 Å². The van der Waals surface area contributed by atoms with Crippen molar-refractivity contribution in [3.05, 3.63) is 33.7 Å². The molecule has 1 aliphatic heterocycles. The van der Waals surface area contributed by atoms with Gasteiger partial charge in [-0.15, -0.1) is 0 Å². The van der Waals surface area contributed by atoms with Crippen LogP contribution in [0.15, 0.2) is 17.1 Å². The van der Waals surface area contributed by atoms with Crippen LogP contribution in [0.2, 0.25) is 0 Å². The highest BCUT2D eigenvalue weighted by Crippen LogP contribution is 2.21. The third-order valence-corrected chi connectivity index (χ3v) is 2.69. The number of hydrogen-bond donors (Lipinski definition) is 3. The van der Waals surface area contributed by atoms with Gasteiger partial charge in [0.25, 0.3) is 5.56 Å². The third-order valence-electron chi connectivity index (χ3n) is 2.69. The zero-order chi connectivity index (χ0) is 9.97. The van der Waals surface area contributed by atoms with Crippen LogP contribution in [0, 0.1) is 0 Å². The van der Waals surface area contributed by atoms with Gasteiger partial charge in [-0.1, -0.05) is 0 Å². The van der Waals surface area contributed by atoms with Gasteiger partial charge in [-0.05, 0) is 31.0 Å². The van der Waals surface area contributed by atoms with Gasteiger partial charge in [-0.2, -0.15) is 0 Å². The SMILES string of the molecule is NCc1cc(C2CCCN2)c[nH]c1=O. The predicted molar refractivity (Wildman–Crippen MR) is 54.9 cm³/mol. The zero-order valence-corrected chi connectivity index (χ0v) is 8.05. The first kappa shape index (κ1) is 9.43. The van der Waals surface area contributed by atoms with Gasteiger partial charge >= 0.3 is 0 Å². The van der Waals surface area contributed by atoms with Crippen LogP contribution in [-0.4, -0.2) is 11.5 Å². The maximum atomic E-state index is 11.3. The molecular formula is C10H15N3O. The molecule has 1 aromatic heterocycles. The second-order valence-corrected chi connectivity index (χ2v) is 3.64. The molecule has 0 aromatic carbocycles. The molecule has 76 valence electrons. The summed E-state index contributed by atoms with van der Waals surface area (Å²) in [6.07, 6.45) is 4.11. The summed E-state index contributed by atoms with van der Waals surface area (Å²) in [5.41, 5.74) is 7.21. The van der Waals surface area contributed by atoms with E-state index in [4.69, 9.17) is 5.73 Å². The van der Waals surface area contributed by atoms with E-state index in [1.807, 2.05) is 6.07 Å². The number of rotatable bonds is 2. The molecular weight excluding hydrogens is 178 g/mol. The van der Waals surface area contributed by atoms with Crippen molar-refractivity contribution in [1.82, 2.24) is 10.3 Å². The summed E-state index contributed by atoms with van der Waals surface area (Å²) < 4.78 is 0. The van der Waals surface area contributed by atoms with E-state index in [2.05, 4.69) is 10.3 Å². The number of H-pyrrole nitrogens is 1. The van der Waals surface area contributed by atoms with Crippen molar-refractivity contribution in [2.45, 2.75) is 25.4 Å². The van der Waals surface area contributed by atoms with Gasteiger partial charge in [-0.3, -0.25) is 4.79 Å². The summed E-state index contributed by atoms with van der Waals surface area (Å²) in [7, 11) is 0. The normalized spacial score (nSPS) is 21.4. The average molecular weight is 193 g/mol. The Balaban J connectivity index is 2.30. The first-order chi connectivity index (χ1) is 6.81. The van der Waals surface area contributed by atoms with E-state index in [0.717, 1.165) is 18.5 Å². The lowest BCUT2D eigenvalue weighted by Gasteiger charge is -2.10. The van der Waals surface area contributed by atoms with Gasteiger partial charge in [0.15, 0.2) is 0 Å². The molecule has 4 heteroatoms. The standard InChI is InChI=1S/C10H15N3O/c11-5-7-4-8(6-13-10(7)14)9-2-1-3-12-9/h4,6,9,12H,1-3,5,11H2,(H,13,14). The van der Waals surface area contributed by atoms with Crippen molar-refractivity contribution < 1.29 is 0 Å². The van der Waals surface area contributed by atoms with E-state index in [0.29, 0.717) is 18.2 Å². The maximum Gasteiger partial charge on any atom is 0.252 e. The van der Waals surface area contributed by atoms with Crippen LogP contribution in [0.1, 0.15) is 30.0 Å². The minimum atomic E-state index is -0.0748. The second-order valence-electron chi connectivity index (χ2n) is 3.64. The first-order valence-electron chi connectivity index (χ1n) is 4.96. The van der Waals surface area contributed by atoms with Crippen molar-refractivity contribution in [2.75, 3.05) is 6.54 Å². The molecule has 4 nitrogen and oxygen atoms in total. The van der Waals surface area contributed by atoms with E-state index >= 15 is 0 Å². The second kappa shape index (κ2) is 3.94. The summed E-state index contributed by atoms with van der Waals surface area (Å²) >= 11 is 0. The van der Waals surface area contributed by atoms with E-state index in [9.17, 15) is 4.79 Å². The van der Waals surface area contributed by atoms with Crippen LogP contribution in [0.5, 0.6) is 0 Å². The molecule has 14 heavy (non-hydrogen) atoms. The molecule has 1 saturated heterocycles. The number of aromatic amines is 1. The molecule has 1 unspecified atom stereocenters. The topological polar surface area (TPSA) is 70.9 Å². The van der Waals surface area contributed by atoms with Gasteiger partial charge in [0.2, 0.25) is 0 Å². The molecule has 1 aliphatic rings. The Morgan fingerprint density at radius 1 is 1.57 bits per heavy atom. The number of nitrogens with two attached hydrogens (primary N) is 1. The molecule has 1 aromatic rings. The number of hydrogen-bond acceptors (Lipinski definition) is 3.